The molecule has 3 amide bonds. The lowest BCUT2D eigenvalue weighted by Crippen LogP contribution is -2.47. The van der Waals surface area contributed by atoms with Gasteiger partial charge in [-0.05, 0) is 78.2 Å². The van der Waals surface area contributed by atoms with Crippen molar-refractivity contribution in [3.8, 4) is 11.3 Å². The molecule has 13 heteroatoms. The number of allylic oxidation sites excluding steroid dienone is 2. The van der Waals surface area contributed by atoms with E-state index >= 15 is 0 Å². The monoisotopic (exact) mass is 836 g/mol. The number of hydrogen-bond acceptors (Lipinski definition) is 8. The summed E-state index contributed by atoms with van der Waals surface area (Å²) in [5, 5.41) is 2.73. The summed E-state index contributed by atoms with van der Waals surface area (Å²) in [6.45, 7) is 6.37. The van der Waals surface area contributed by atoms with Crippen LogP contribution in [0.1, 0.15) is 110 Å². The first-order valence-corrected chi connectivity index (χ1v) is 22.1. The average Bonchev–Trinajstić information content (AvgIpc) is 4.17. The first kappa shape index (κ1) is 41.3. The van der Waals surface area contributed by atoms with E-state index in [0.29, 0.717) is 25.3 Å². The number of H-pyrrole nitrogens is 2. The van der Waals surface area contributed by atoms with E-state index in [1.54, 1.807) is 0 Å². The maximum atomic E-state index is 14.4. The molecule has 13 nitrogen and oxygen atoms in total. The molecule has 2 aromatic heterocycles. The van der Waals surface area contributed by atoms with Crippen molar-refractivity contribution in [3.05, 3.63) is 137 Å². The van der Waals surface area contributed by atoms with Gasteiger partial charge in [-0.3, -0.25) is 14.5 Å². The molecule has 62 heavy (non-hydrogen) atoms. The minimum Gasteiger partial charge on any atom is -0.453 e. The molecule has 4 aliphatic rings. The van der Waals surface area contributed by atoms with Crippen LogP contribution in [0.15, 0.2) is 103 Å². The molecule has 5 atom stereocenters. The molecule has 3 saturated heterocycles. The number of rotatable bonds is 11. The molecule has 9 rings (SSSR count). The summed E-state index contributed by atoms with van der Waals surface area (Å²) in [5.41, 5.74) is 7.21. The molecule has 3 fully saturated rings. The number of nitrogens with zero attached hydrogens (tertiary/aromatic N) is 5. The third-order valence-electron chi connectivity index (χ3n) is 13.5. The van der Waals surface area contributed by atoms with Crippen LogP contribution in [0, 0.1) is 0 Å². The van der Waals surface area contributed by atoms with Gasteiger partial charge in [-0.1, -0.05) is 97.9 Å². The Morgan fingerprint density at radius 1 is 0.774 bits per heavy atom. The summed E-state index contributed by atoms with van der Waals surface area (Å²) in [6, 6.07) is 26.6. The molecule has 0 bridgehead atoms. The Morgan fingerprint density at radius 2 is 1.37 bits per heavy atom. The number of amides is 3. The number of morpholine rings is 1. The van der Waals surface area contributed by atoms with Gasteiger partial charge in [-0.15, -0.1) is 0 Å². The molecule has 5 heterocycles. The Labute approximate surface area is 362 Å². The fraction of sp³-hybridized carbons (Fsp3) is 0.408. The zero-order chi connectivity index (χ0) is 42.6. The highest BCUT2D eigenvalue weighted by atomic mass is 16.5. The van der Waals surface area contributed by atoms with Crippen molar-refractivity contribution in [1.82, 2.24) is 40.0 Å². The van der Waals surface area contributed by atoms with Crippen LogP contribution in [0.25, 0.3) is 16.8 Å². The summed E-state index contributed by atoms with van der Waals surface area (Å²) < 4.78 is 10.5. The van der Waals surface area contributed by atoms with E-state index in [4.69, 9.17) is 19.4 Å². The van der Waals surface area contributed by atoms with E-state index in [2.05, 4.69) is 74.5 Å². The van der Waals surface area contributed by atoms with Gasteiger partial charge in [0.05, 0.1) is 56.2 Å². The minimum atomic E-state index is -0.866. The fourth-order valence-corrected chi connectivity index (χ4v) is 9.89. The highest BCUT2D eigenvalue weighted by Gasteiger charge is 2.40. The number of ether oxygens (including phenoxy) is 2. The largest absolute Gasteiger partial charge is 0.453 e. The standard InChI is InChI=1S/C49H56N8O5/c1-49(37-19-17-33(18-20-37)38-31-50-44(52-38)40-15-9-25-56(40)46(58)42(54-48(60)61-2)35-11-5-3-6-12-35)23-21-34(22-24-49)39-32-51-45(53-39)41-16-10-26-57(41)47(59)43(36-13-7-4-8-14-36)55-27-29-62-30-28-55/h3-8,11-14,17-21,31-32,40-43H,9-10,15-16,22-30H2,1-2H3,(H,50,52)(H,51,53)(H,54,60)/t40-,41-,42+,43+,49?/m0/s1. The topological polar surface area (TPSA) is 149 Å². The molecule has 0 spiro atoms. The van der Waals surface area contributed by atoms with Crippen molar-refractivity contribution in [1.29, 1.82) is 0 Å². The van der Waals surface area contributed by atoms with Crippen LogP contribution in [0.4, 0.5) is 4.79 Å². The number of benzene rings is 3. The van der Waals surface area contributed by atoms with E-state index in [1.165, 1.54) is 18.2 Å². The quantitative estimate of drug-likeness (QED) is 0.122. The molecule has 322 valence electrons. The number of aromatic amines is 2. The zero-order valence-electron chi connectivity index (χ0n) is 35.6. The van der Waals surface area contributed by atoms with Crippen LogP contribution < -0.4 is 5.32 Å². The molecule has 3 aromatic carbocycles. The summed E-state index contributed by atoms with van der Waals surface area (Å²) in [6.07, 6.45) is 11.8. The van der Waals surface area contributed by atoms with Crippen LogP contribution in [0.2, 0.25) is 0 Å². The number of imidazole rings is 2. The molecule has 0 radical (unpaired) electrons. The van der Waals surface area contributed by atoms with Gasteiger partial charge in [0.2, 0.25) is 5.91 Å². The second kappa shape index (κ2) is 18.1. The van der Waals surface area contributed by atoms with Gasteiger partial charge >= 0.3 is 6.09 Å². The number of likely N-dealkylation sites (tertiary alicyclic amines) is 2. The number of carbonyl (C=O) groups excluding carboxylic acids is 3. The van der Waals surface area contributed by atoms with Crippen LogP contribution in [-0.2, 0) is 24.5 Å². The van der Waals surface area contributed by atoms with Crippen LogP contribution in [-0.4, -0.2) is 99.0 Å². The van der Waals surface area contributed by atoms with Gasteiger partial charge in [0, 0.05) is 26.2 Å². The predicted octanol–water partition coefficient (Wildman–Crippen LogP) is 7.82. The van der Waals surface area contributed by atoms with Crippen LogP contribution in [0.3, 0.4) is 0 Å². The Bertz CT molecular complexity index is 2370. The SMILES string of the molecule is COC(=O)N[C@@H](C(=O)N1CCC[C@H]1c1ncc(-c2ccc(C3(C)CC=C(c4cnc([C@@H]5CCCN5C(=O)[C@@H](c5ccccc5)N5CCOCC5)[nH]4)CC3)cc2)[nH]1)c1ccccc1. The predicted molar refractivity (Wildman–Crippen MR) is 235 cm³/mol. The number of hydrogen-bond donors (Lipinski definition) is 3. The molecule has 0 saturated carbocycles. The van der Waals surface area contributed by atoms with Crippen molar-refractivity contribution in [2.45, 2.75) is 81.5 Å². The Balaban J connectivity index is 0.851. The van der Waals surface area contributed by atoms with E-state index in [9.17, 15) is 14.4 Å². The molecule has 3 N–H and O–H groups in total. The Hall–Kier alpha value is -6.05. The lowest BCUT2D eigenvalue weighted by Gasteiger charge is -2.37. The van der Waals surface area contributed by atoms with E-state index in [1.807, 2.05) is 65.8 Å². The first-order valence-electron chi connectivity index (χ1n) is 22.1. The fourth-order valence-electron chi connectivity index (χ4n) is 9.89. The van der Waals surface area contributed by atoms with E-state index in [-0.39, 0.29) is 35.4 Å². The third-order valence-corrected chi connectivity index (χ3v) is 13.5. The molecule has 1 unspecified atom stereocenters. The number of carbonyl (C=O) groups is 3. The number of aromatic nitrogens is 4. The van der Waals surface area contributed by atoms with E-state index < -0.39 is 12.1 Å². The van der Waals surface area contributed by atoms with Crippen molar-refractivity contribution in [3.63, 3.8) is 0 Å². The highest BCUT2D eigenvalue weighted by Crippen LogP contribution is 2.42. The molecule has 3 aliphatic heterocycles. The third kappa shape index (κ3) is 8.43. The van der Waals surface area contributed by atoms with Crippen molar-refractivity contribution in [2.24, 2.45) is 0 Å². The lowest BCUT2D eigenvalue weighted by molar-refractivity contribution is -0.140. The summed E-state index contributed by atoms with van der Waals surface area (Å²) in [7, 11) is 1.29. The summed E-state index contributed by atoms with van der Waals surface area (Å²) in [5.74, 6) is 1.55. The minimum absolute atomic E-state index is 0.0249. The number of alkyl carbamates (subject to hydrolysis) is 1. The summed E-state index contributed by atoms with van der Waals surface area (Å²) in [4.78, 5) is 63.5. The second-order valence-electron chi connectivity index (χ2n) is 17.3. The Kier molecular flexibility index (Phi) is 12.1. The Morgan fingerprint density at radius 3 is 1.98 bits per heavy atom. The van der Waals surface area contributed by atoms with Gasteiger partial charge in [0.15, 0.2) is 0 Å². The van der Waals surface area contributed by atoms with Crippen molar-refractivity contribution in [2.75, 3.05) is 46.5 Å². The van der Waals surface area contributed by atoms with Gasteiger partial charge in [-0.25, -0.2) is 14.8 Å². The smallest absolute Gasteiger partial charge is 0.407 e. The van der Waals surface area contributed by atoms with Crippen LogP contribution >= 0.6 is 0 Å². The molecule has 5 aromatic rings. The number of methoxy groups -OCH3 is 1. The van der Waals surface area contributed by atoms with Crippen LogP contribution in [0.5, 0.6) is 0 Å². The van der Waals surface area contributed by atoms with Crippen molar-refractivity contribution >= 4 is 23.5 Å². The zero-order valence-corrected chi connectivity index (χ0v) is 35.6. The molecular formula is C49H56N8O5. The maximum absolute atomic E-state index is 14.4. The van der Waals surface area contributed by atoms with E-state index in [0.717, 1.165) is 98.7 Å². The molecule has 1 aliphatic carbocycles. The van der Waals surface area contributed by atoms with Gasteiger partial charge < -0.3 is 34.6 Å². The second-order valence-corrected chi connectivity index (χ2v) is 17.3. The summed E-state index contributed by atoms with van der Waals surface area (Å²) >= 11 is 0. The number of nitrogens with one attached hydrogen (secondary N) is 3. The van der Waals surface area contributed by atoms with Crippen molar-refractivity contribution < 1.29 is 23.9 Å². The highest BCUT2D eigenvalue weighted by molar-refractivity contribution is 5.87. The lowest BCUT2D eigenvalue weighted by atomic mass is 9.71. The normalized spacial score (nSPS) is 22.8. The maximum Gasteiger partial charge on any atom is 0.407 e. The average molecular weight is 837 g/mol. The molecular weight excluding hydrogens is 781 g/mol. The van der Waals surface area contributed by atoms with Gasteiger partial charge in [-0.2, -0.15) is 0 Å². The van der Waals surface area contributed by atoms with Gasteiger partial charge in [0.1, 0.15) is 23.7 Å². The van der Waals surface area contributed by atoms with Gasteiger partial charge in [0.25, 0.3) is 5.91 Å². The first-order chi connectivity index (χ1) is 30.3.